The number of amides is 1. The molecule has 1 heterocycles. The summed E-state index contributed by atoms with van der Waals surface area (Å²) in [6.07, 6.45) is 2.96. The zero-order valence-electron chi connectivity index (χ0n) is 15.4. The van der Waals surface area contributed by atoms with E-state index in [9.17, 15) is 9.59 Å². The number of thioether (sulfide) groups is 1. The molecule has 0 spiro atoms. The van der Waals surface area contributed by atoms with E-state index in [0.717, 1.165) is 12.0 Å². The van der Waals surface area contributed by atoms with Crippen LogP contribution in [0.4, 0.5) is 0 Å². The molecule has 0 radical (unpaired) electrons. The minimum atomic E-state index is -0.319. The van der Waals surface area contributed by atoms with E-state index in [0.29, 0.717) is 22.4 Å². The van der Waals surface area contributed by atoms with Crippen molar-refractivity contribution in [3.8, 4) is 0 Å². The SMILES string of the molecule is CCc1ccc(/C=C2\SC(=S)N(CCC(=O)OCCN(C)C)C2=O)cc1. The molecule has 1 aromatic rings. The second-order valence-corrected chi connectivity index (χ2v) is 7.88. The van der Waals surface area contributed by atoms with Crippen LogP contribution in [0, 0.1) is 0 Å². The van der Waals surface area contributed by atoms with E-state index >= 15 is 0 Å². The van der Waals surface area contributed by atoms with Gasteiger partial charge in [0.05, 0.1) is 11.3 Å². The third-order valence-corrected chi connectivity index (χ3v) is 5.28. The lowest BCUT2D eigenvalue weighted by Gasteiger charge is -2.14. The van der Waals surface area contributed by atoms with Crippen LogP contribution in [0.25, 0.3) is 6.08 Å². The average Bonchev–Trinajstić information content (AvgIpc) is 2.87. The number of carbonyl (C=O) groups excluding carboxylic acids is 2. The maximum atomic E-state index is 12.5. The highest BCUT2D eigenvalue weighted by Gasteiger charge is 2.32. The van der Waals surface area contributed by atoms with Gasteiger partial charge < -0.3 is 9.64 Å². The molecular weight excluding hydrogens is 368 g/mol. The molecule has 0 N–H and O–H groups in total. The Kier molecular flexibility index (Phi) is 7.81. The Hall–Kier alpha value is -1.70. The van der Waals surface area contributed by atoms with Crippen LogP contribution in [0.5, 0.6) is 0 Å². The van der Waals surface area contributed by atoms with E-state index in [2.05, 4.69) is 19.1 Å². The van der Waals surface area contributed by atoms with Gasteiger partial charge in [0.15, 0.2) is 0 Å². The fourth-order valence-corrected chi connectivity index (χ4v) is 3.62. The lowest BCUT2D eigenvalue weighted by molar-refractivity contribution is -0.144. The van der Waals surface area contributed by atoms with Crippen LogP contribution < -0.4 is 0 Å². The molecule has 0 saturated carbocycles. The van der Waals surface area contributed by atoms with Crippen molar-refractivity contribution in [1.29, 1.82) is 0 Å². The number of likely N-dealkylation sites (N-methyl/N-ethyl adjacent to an activating group) is 1. The van der Waals surface area contributed by atoms with Gasteiger partial charge in [-0.15, -0.1) is 0 Å². The van der Waals surface area contributed by atoms with Gasteiger partial charge in [0.25, 0.3) is 5.91 Å². The first-order valence-corrected chi connectivity index (χ1v) is 9.78. The molecule has 140 valence electrons. The third-order valence-electron chi connectivity index (χ3n) is 3.90. The van der Waals surface area contributed by atoms with Gasteiger partial charge in [0.1, 0.15) is 10.9 Å². The standard InChI is InChI=1S/C19H24N2O3S2/c1-4-14-5-7-15(8-6-14)13-16-18(23)21(19(25)26-16)10-9-17(22)24-12-11-20(2)3/h5-8,13H,4,9-12H2,1-3H3/b16-13-. The van der Waals surface area contributed by atoms with Crippen molar-refractivity contribution in [2.45, 2.75) is 19.8 Å². The first kappa shape index (κ1) is 20.6. The first-order chi connectivity index (χ1) is 12.4. The highest BCUT2D eigenvalue weighted by molar-refractivity contribution is 8.26. The molecule has 0 atom stereocenters. The zero-order valence-corrected chi connectivity index (χ0v) is 17.0. The number of ether oxygens (including phenoxy) is 1. The first-order valence-electron chi connectivity index (χ1n) is 8.55. The van der Waals surface area contributed by atoms with Crippen LogP contribution in [-0.4, -0.2) is 59.8 Å². The molecular formula is C19H24N2O3S2. The minimum Gasteiger partial charge on any atom is -0.464 e. The van der Waals surface area contributed by atoms with E-state index in [1.807, 2.05) is 37.2 Å². The van der Waals surface area contributed by atoms with E-state index < -0.39 is 0 Å². The molecule has 1 saturated heterocycles. The number of hydrogen-bond donors (Lipinski definition) is 0. The maximum absolute atomic E-state index is 12.5. The number of esters is 1. The van der Waals surface area contributed by atoms with Gasteiger partial charge >= 0.3 is 5.97 Å². The Labute approximate surface area is 164 Å². The molecule has 0 unspecified atom stereocenters. The van der Waals surface area contributed by atoms with Gasteiger partial charge in [0, 0.05) is 13.1 Å². The molecule has 1 amide bonds. The molecule has 2 rings (SSSR count). The molecule has 7 heteroatoms. The van der Waals surface area contributed by atoms with Gasteiger partial charge in [-0.2, -0.15) is 0 Å². The number of rotatable bonds is 8. The van der Waals surface area contributed by atoms with Crippen molar-refractivity contribution in [1.82, 2.24) is 9.80 Å². The molecule has 5 nitrogen and oxygen atoms in total. The van der Waals surface area contributed by atoms with Gasteiger partial charge in [-0.1, -0.05) is 55.2 Å². The van der Waals surface area contributed by atoms with Crippen LogP contribution in [0.3, 0.4) is 0 Å². The van der Waals surface area contributed by atoms with Crippen LogP contribution >= 0.6 is 24.0 Å². The number of thiocarbonyl (C=S) groups is 1. The largest absolute Gasteiger partial charge is 0.464 e. The van der Waals surface area contributed by atoms with Crippen molar-refractivity contribution in [3.05, 3.63) is 40.3 Å². The summed E-state index contributed by atoms with van der Waals surface area (Å²) in [5, 5.41) is 0. The maximum Gasteiger partial charge on any atom is 0.307 e. The summed E-state index contributed by atoms with van der Waals surface area (Å²) in [4.78, 5) is 28.3. The summed E-state index contributed by atoms with van der Waals surface area (Å²) < 4.78 is 5.62. The Bertz CT molecular complexity index is 699. The smallest absolute Gasteiger partial charge is 0.307 e. The van der Waals surface area contributed by atoms with E-state index in [1.54, 1.807) is 0 Å². The monoisotopic (exact) mass is 392 g/mol. The minimum absolute atomic E-state index is 0.137. The number of carbonyl (C=O) groups is 2. The van der Waals surface area contributed by atoms with E-state index in [-0.39, 0.29) is 24.8 Å². The third kappa shape index (κ3) is 5.93. The van der Waals surface area contributed by atoms with Crippen LogP contribution in [0.15, 0.2) is 29.2 Å². The number of benzene rings is 1. The van der Waals surface area contributed by atoms with E-state index in [1.165, 1.54) is 22.2 Å². The van der Waals surface area contributed by atoms with Crippen LogP contribution in [-0.2, 0) is 20.7 Å². The van der Waals surface area contributed by atoms with Gasteiger partial charge in [-0.05, 0) is 37.7 Å². The summed E-state index contributed by atoms with van der Waals surface area (Å²) in [5.41, 5.74) is 2.22. The molecule has 0 aliphatic carbocycles. The highest BCUT2D eigenvalue weighted by atomic mass is 32.2. The highest BCUT2D eigenvalue weighted by Crippen LogP contribution is 2.32. The van der Waals surface area contributed by atoms with Crippen LogP contribution in [0.1, 0.15) is 24.5 Å². The normalized spacial score (nSPS) is 16.0. The van der Waals surface area contributed by atoms with Gasteiger partial charge in [-0.3, -0.25) is 14.5 Å². The molecule has 1 fully saturated rings. The fraction of sp³-hybridized carbons (Fsp3) is 0.421. The Morgan fingerprint density at radius 1 is 1.31 bits per heavy atom. The molecule has 0 aromatic heterocycles. The predicted octanol–water partition coefficient (Wildman–Crippen LogP) is 2.95. The van der Waals surface area contributed by atoms with Crippen molar-refractivity contribution in [2.24, 2.45) is 0 Å². The average molecular weight is 393 g/mol. The van der Waals surface area contributed by atoms with Crippen molar-refractivity contribution in [3.63, 3.8) is 0 Å². The Morgan fingerprint density at radius 3 is 2.62 bits per heavy atom. The molecule has 1 aliphatic rings. The summed E-state index contributed by atoms with van der Waals surface area (Å²) in [7, 11) is 3.83. The summed E-state index contributed by atoms with van der Waals surface area (Å²) in [6, 6.07) is 8.09. The molecule has 1 aliphatic heterocycles. The van der Waals surface area contributed by atoms with E-state index in [4.69, 9.17) is 17.0 Å². The Balaban J connectivity index is 1.91. The second-order valence-electron chi connectivity index (χ2n) is 6.20. The number of hydrogen-bond acceptors (Lipinski definition) is 6. The summed E-state index contributed by atoms with van der Waals surface area (Å²) in [5.74, 6) is -0.472. The van der Waals surface area contributed by atoms with Gasteiger partial charge in [-0.25, -0.2) is 0 Å². The van der Waals surface area contributed by atoms with Crippen molar-refractivity contribution in [2.75, 3.05) is 33.8 Å². The summed E-state index contributed by atoms with van der Waals surface area (Å²) in [6.45, 7) is 3.37. The number of aryl methyl sites for hydroxylation is 1. The molecule has 0 bridgehead atoms. The fourth-order valence-electron chi connectivity index (χ4n) is 2.31. The summed E-state index contributed by atoms with van der Waals surface area (Å²) >= 11 is 6.56. The second kappa shape index (κ2) is 9.85. The van der Waals surface area contributed by atoms with Crippen molar-refractivity contribution >= 4 is 46.3 Å². The quantitative estimate of drug-likeness (QED) is 0.385. The Morgan fingerprint density at radius 2 is 2.00 bits per heavy atom. The van der Waals surface area contributed by atoms with Gasteiger partial charge in [0.2, 0.25) is 0 Å². The lowest BCUT2D eigenvalue weighted by atomic mass is 10.1. The number of nitrogens with zero attached hydrogens (tertiary/aromatic N) is 2. The lowest BCUT2D eigenvalue weighted by Crippen LogP contribution is -2.31. The zero-order chi connectivity index (χ0) is 19.1. The topological polar surface area (TPSA) is 49.9 Å². The molecule has 26 heavy (non-hydrogen) atoms. The predicted molar refractivity (Wildman–Crippen MR) is 110 cm³/mol. The van der Waals surface area contributed by atoms with Crippen molar-refractivity contribution < 1.29 is 14.3 Å². The van der Waals surface area contributed by atoms with Crippen LogP contribution in [0.2, 0.25) is 0 Å². The molecule has 1 aromatic carbocycles.